The molecule has 3 rings (SSSR count). The summed E-state index contributed by atoms with van der Waals surface area (Å²) in [6.45, 7) is 6.63. The SMILES string of the molecule is COc1ccc(N2CCN(CC(=O)N3CCN(C=O)CC3)CC2)cc1. The molecule has 2 saturated heterocycles. The van der Waals surface area contributed by atoms with E-state index in [0.717, 1.165) is 38.3 Å². The Morgan fingerprint density at radius 2 is 1.64 bits per heavy atom. The molecule has 25 heavy (non-hydrogen) atoms. The average Bonchev–Trinajstić information content (AvgIpc) is 2.68. The minimum Gasteiger partial charge on any atom is -0.497 e. The van der Waals surface area contributed by atoms with E-state index in [-0.39, 0.29) is 5.91 Å². The van der Waals surface area contributed by atoms with Crippen LogP contribution in [-0.2, 0) is 9.59 Å². The van der Waals surface area contributed by atoms with Gasteiger partial charge < -0.3 is 19.4 Å². The van der Waals surface area contributed by atoms with Gasteiger partial charge in [-0.2, -0.15) is 0 Å². The van der Waals surface area contributed by atoms with Gasteiger partial charge in [0.25, 0.3) is 0 Å². The summed E-state index contributed by atoms with van der Waals surface area (Å²) in [7, 11) is 1.67. The summed E-state index contributed by atoms with van der Waals surface area (Å²) >= 11 is 0. The quantitative estimate of drug-likeness (QED) is 0.709. The Hall–Kier alpha value is -2.28. The lowest BCUT2D eigenvalue weighted by atomic mass is 10.2. The molecule has 0 atom stereocenters. The maximum atomic E-state index is 12.4. The number of benzene rings is 1. The zero-order chi connectivity index (χ0) is 17.6. The molecule has 0 unspecified atom stereocenters. The third-order valence-electron chi connectivity index (χ3n) is 4.98. The highest BCUT2D eigenvalue weighted by Crippen LogP contribution is 2.20. The summed E-state index contributed by atoms with van der Waals surface area (Å²) in [5.41, 5.74) is 1.19. The highest BCUT2D eigenvalue weighted by molar-refractivity contribution is 5.78. The van der Waals surface area contributed by atoms with Gasteiger partial charge >= 0.3 is 0 Å². The lowest BCUT2D eigenvalue weighted by Crippen LogP contribution is -2.53. The van der Waals surface area contributed by atoms with E-state index < -0.39 is 0 Å². The van der Waals surface area contributed by atoms with Gasteiger partial charge in [0.05, 0.1) is 13.7 Å². The molecule has 2 aliphatic rings. The highest BCUT2D eigenvalue weighted by Gasteiger charge is 2.24. The van der Waals surface area contributed by atoms with Crippen LogP contribution in [0, 0.1) is 0 Å². The van der Waals surface area contributed by atoms with Crippen molar-refractivity contribution in [1.29, 1.82) is 0 Å². The van der Waals surface area contributed by atoms with Gasteiger partial charge in [0, 0.05) is 58.0 Å². The van der Waals surface area contributed by atoms with E-state index >= 15 is 0 Å². The summed E-state index contributed by atoms with van der Waals surface area (Å²) in [6, 6.07) is 8.10. The van der Waals surface area contributed by atoms with Gasteiger partial charge in [-0.3, -0.25) is 14.5 Å². The lowest BCUT2D eigenvalue weighted by molar-refractivity contribution is -0.136. The van der Waals surface area contributed by atoms with E-state index in [1.165, 1.54) is 5.69 Å². The molecule has 1 aromatic carbocycles. The van der Waals surface area contributed by atoms with Crippen LogP contribution in [-0.4, -0.2) is 93.0 Å². The molecule has 0 aliphatic carbocycles. The van der Waals surface area contributed by atoms with Gasteiger partial charge in [0.2, 0.25) is 12.3 Å². The van der Waals surface area contributed by atoms with Gasteiger partial charge in [-0.25, -0.2) is 0 Å². The van der Waals surface area contributed by atoms with Crippen LogP contribution in [0.2, 0.25) is 0 Å². The van der Waals surface area contributed by atoms with Crippen LogP contribution >= 0.6 is 0 Å². The van der Waals surface area contributed by atoms with E-state index in [1.54, 1.807) is 12.0 Å². The smallest absolute Gasteiger partial charge is 0.236 e. The summed E-state index contributed by atoms with van der Waals surface area (Å²) in [5, 5.41) is 0. The second-order valence-corrected chi connectivity index (χ2v) is 6.48. The van der Waals surface area contributed by atoms with Crippen molar-refractivity contribution in [2.45, 2.75) is 0 Å². The largest absolute Gasteiger partial charge is 0.497 e. The molecule has 2 fully saturated rings. The third-order valence-corrected chi connectivity index (χ3v) is 4.98. The molecule has 136 valence electrons. The molecule has 0 aromatic heterocycles. The Morgan fingerprint density at radius 1 is 1.00 bits per heavy atom. The molecule has 1 aromatic rings. The lowest BCUT2D eigenvalue weighted by Gasteiger charge is -2.38. The number of hydrogen-bond donors (Lipinski definition) is 0. The monoisotopic (exact) mass is 346 g/mol. The van der Waals surface area contributed by atoms with Crippen LogP contribution < -0.4 is 9.64 Å². The van der Waals surface area contributed by atoms with E-state index in [9.17, 15) is 9.59 Å². The molecule has 7 nitrogen and oxygen atoms in total. The Morgan fingerprint density at radius 3 is 2.20 bits per heavy atom. The first-order valence-corrected chi connectivity index (χ1v) is 8.78. The van der Waals surface area contributed by atoms with E-state index in [2.05, 4.69) is 21.9 Å². The first-order chi connectivity index (χ1) is 12.2. The molecular formula is C18H26N4O3. The fourth-order valence-electron chi connectivity index (χ4n) is 3.33. The fraction of sp³-hybridized carbons (Fsp3) is 0.556. The van der Waals surface area contributed by atoms with Gasteiger partial charge in [0.15, 0.2) is 0 Å². The first-order valence-electron chi connectivity index (χ1n) is 8.78. The Balaban J connectivity index is 1.44. The Kier molecular flexibility index (Phi) is 5.75. The minimum atomic E-state index is 0.170. The maximum Gasteiger partial charge on any atom is 0.236 e. The maximum absolute atomic E-state index is 12.4. The molecule has 0 bridgehead atoms. The zero-order valence-corrected chi connectivity index (χ0v) is 14.8. The van der Waals surface area contributed by atoms with Gasteiger partial charge in [-0.15, -0.1) is 0 Å². The van der Waals surface area contributed by atoms with Gasteiger partial charge in [-0.1, -0.05) is 0 Å². The van der Waals surface area contributed by atoms with Crippen molar-refractivity contribution in [3.05, 3.63) is 24.3 Å². The number of piperazine rings is 2. The predicted molar refractivity (Wildman–Crippen MR) is 95.9 cm³/mol. The van der Waals surface area contributed by atoms with Crippen LogP contribution in [0.3, 0.4) is 0 Å². The fourth-order valence-corrected chi connectivity index (χ4v) is 3.33. The molecule has 7 heteroatoms. The molecule has 0 spiro atoms. The topological polar surface area (TPSA) is 56.3 Å². The number of carbonyl (C=O) groups excluding carboxylic acids is 2. The van der Waals surface area contributed by atoms with Crippen LogP contribution in [0.5, 0.6) is 5.75 Å². The van der Waals surface area contributed by atoms with Crippen molar-refractivity contribution in [3.63, 3.8) is 0 Å². The number of methoxy groups -OCH3 is 1. The van der Waals surface area contributed by atoms with E-state index in [0.29, 0.717) is 32.7 Å². The van der Waals surface area contributed by atoms with Crippen molar-refractivity contribution in [2.24, 2.45) is 0 Å². The number of ether oxygens (including phenoxy) is 1. The van der Waals surface area contributed by atoms with Gasteiger partial charge in [0.1, 0.15) is 5.75 Å². The van der Waals surface area contributed by atoms with Crippen LogP contribution in [0.15, 0.2) is 24.3 Å². The first kappa shape index (κ1) is 17.5. The normalized spacial score (nSPS) is 19.0. The summed E-state index contributed by atoms with van der Waals surface area (Å²) in [6.07, 6.45) is 0.861. The summed E-state index contributed by atoms with van der Waals surface area (Å²) in [4.78, 5) is 31.3. The van der Waals surface area contributed by atoms with Gasteiger partial charge in [-0.05, 0) is 24.3 Å². The van der Waals surface area contributed by atoms with Crippen LogP contribution in [0.4, 0.5) is 5.69 Å². The summed E-state index contributed by atoms with van der Waals surface area (Å²) in [5.74, 6) is 1.03. The number of carbonyl (C=O) groups is 2. The number of rotatable bonds is 5. The van der Waals surface area contributed by atoms with Crippen LogP contribution in [0.1, 0.15) is 0 Å². The highest BCUT2D eigenvalue weighted by atomic mass is 16.5. The van der Waals surface area contributed by atoms with Crippen molar-refractivity contribution in [3.8, 4) is 5.75 Å². The molecular weight excluding hydrogens is 320 g/mol. The second-order valence-electron chi connectivity index (χ2n) is 6.48. The number of amides is 2. The molecule has 0 N–H and O–H groups in total. The molecule has 2 aliphatic heterocycles. The summed E-state index contributed by atoms with van der Waals surface area (Å²) < 4.78 is 5.20. The van der Waals surface area contributed by atoms with Crippen molar-refractivity contribution >= 4 is 18.0 Å². The average molecular weight is 346 g/mol. The molecule has 2 amide bonds. The van der Waals surface area contributed by atoms with E-state index in [4.69, 9.17) is 4.74 Å². The van der Waals surface area contributed by atoms with Crippen molar-refractivity contribution in [1.82, 2.24) is 14.7 Å². The molecule has 0 radical (unpaired) electrons. The zero-order valence-electron chi connectivity index (χ0n) is 14.8. The van der Waals surface area contributed by atoms with E-state index in [1.807, 2.05) is 17.0 Å². The standard InChI is InChI=1S/C18H26N4O3/c1-25-17-4-2-16(3-5-17)21-10-6-19(7-11-21)14-18(24)22-12-8-20(15-23)9-13-22/h2-5,15H,6-14H2,1H3. The minimum absolute atomic E-state index is 0.170. The number of anilines is 1. The van der Waals surface area contributed by atoms with Crippen molar-refractivity contribution < 1.29 is 14.3 Å². The van der Waals surface area contributed by atoms with Crippen LogP contribution in [0.25, 0.3) is 0 Å². The predicted octanol–water partition coefficient (Wildman–Crippen LogP) is 0.118. The number of hydrogen-bond acceptors (Lipinski definition) is 5. The molecule has 2 heterocycles. The Labute approximate surface area is 148 Å². The second kappa shape index (κ2) is 8.20. The third kappa shape index (κ3) is 4.42. The molecule has 0 saturated carbocycles. The van der Waals surface area contributed by atoms with Crippen molar-refractivity contribution in [2.75, 3.05) is 70.9 Å². The Bertz CT molecular complexity index is 576. The number of nitrogens with zero attached hydrogens (tertiary/aromatic N) is 4.